The number of hydrogen-bond acceptors (Lipinski definition) is 7. The number of aliphatic imine (C=N–C) groups is 1. The highest BCUT2D eigenvalue weighted by Crippen LogP contribution is 2.33. The standard InChI is InChI=1S/C26H25F3N4O2S2/c1-25(2,24(34)35)37-20-8-6-17(7-9-20)14-31-22-13-21(18-4-3-5-19(12-18)26(27,28)29)32-16-33(22)15-23-30-10-11-36-23/h3-13,16,22,31H,14-15H2,1-2H3,(H,34,35). The number of carboxylic acid groups (broad SMARTS) is 1. The lowest BCUT2D eigenvalue weighted by Crippen LogP contribution is -2.44. The lowest BCUT2D eigenvalue weighted by atomic mass is 10.1. The van der Waals surface area contributed by atoms with Gasteiger partial charge >= 0.3 is 12.1 Å². The first-order valence-electron chi connectivity index (χ1n) is 11.3. The van der Waals surface area contributed by atoms with Crippen LogP contribution in [0.5, 0.6) is 0 Å². The highest BCUT2D eigenvalue weighted by atomic mass is 32.2. The minimum Gasteiger partial charge on any atom is -0.480 e. The fourth-order valence-electron chi connectivity index (χ4n) is 3.56. The lowest BCUT2D eigenvalue weighted by molar-refractivity contribution is -0.139. The number of halogens is 3. The summed E-state index contributed by atoms with van der Waals surface area (Å²) in [5.41, 5.74) is 1.08. The second-order valence-corrected chi connectivity index (χ2v) is 11.5. The molecule has 1 aromatic heterocycles. The zero-order chi connectivity index (χ0) is 26.6. The Morgan fingerprint density at radius 3 is 2.59 bits per heavy atom. The van der Waals surface area contributed by atoms with E-state index in [4.69, 9.17) is 0 Å². The van der Waals surface area contributed by atoms with Crippen molar-refractivity contribution in [3.05, 3.63) is 87.9 Å². The van der Waals surface area contributed by atoms with Crippen LogP contribution in [-0.2, 0) is 24.1 Å². The summed E-state index contributed by atoms with van der Waals surface area (Å²) < 4.78 is 38.8. The van der Waals surface area contributed by atoms with E-state index in [1.54, 1.807) is 32.4 Å². The third-order valence-corrected chi connectivity index (χ3v) is 7.59. The van der Waals surface area contributed by atoms with Crippen LogP contribution in [0.4, 0.5) is 13.2 Å². The number of nitrogens with zero attached hydrogens (tertiary/aromatic N) is 3. The number of alkyl halides is 3. The highest BCUT2D eigenvalue weighted by molar-refractivity contribution is 8.01. The lowest BCUT2D eigenvalue weighted by Gasteiger charge is -2.31. The maximum absolute atomic E-state index is 13.2. The van der Waals surface area contributed by atoms with Crippen LogP contribution in [-0.4, -0.2) is 38.2 Å². The number of carbonyl (C=O) groups is 1. The van der Waals surface area contributed by atoms with Crippen LogP contribution in [0.3, 0.4) is 0 Å². The normalized spacial score (nSPS) is 16.1. The SMILES string of the molecule is CC(C)(Sc1ccc(CNC2C=C(c3cccc(C(F)(F)F)c3)N=CN2Cc2nccs2)cc1)C(=O)O. The smallest absolute Gasteiger partial charge is 0.416 e. The third kappa shape index (κ3) is 7.00. The predicted molar refractivity (Wildman–Crippen MR) is 140 cm³/mol. The summed E-state index contributed by atoms with van der Waals surface area (Å²) in [5, 5.41) is 15.6. The molecule has 2 N–H and O–H groups in total. The van der Waals surface area contributed by atoms with Crippen LogP contribution >= 0.6 is 23.1 Å². The third-order valence-electron chi connectivity index (χ3n) is 5.63. The first-order valence-corrected chi connectivity index (χ1v) is 13.0. The molecule has 4 rings (SSSR count). The van der Waals surface area contributed by atoms with Gasteiger partial charge in [0.05, 0.1) is 24.1 Å². The van der Waals surface area contributed by atoms with Crippen LogP contribution in [0, 0.1) is 0 Å². The Bertz CT molecular complexity index is 1290. The second-order valence-electron chi connectivity index (χ2n) is 8.86. The summed E-state index contributed by atoms with van der Waals surface area (Å²) in [5.74, 6) is -0.883. The number of aromatic nitrogens is 1. The predicted octanol–water partition coefficient (Wildman–Crippen LogP) is 6.12. The number of thiazole rings is 1. The Morgan fingerprint density at radius 1 is 1.19 bits per heavy atom. The van der Waals surface area contributed by atoms with Gasteiger partial charge in [0.1, 0.15) is 15.9 Å². The Balaban J connectivity index is 1.51. The van der Waals surface area contributed by atoms with E-state index < -0.39 is 22.5 Å². The molecule has 1 atom stereocenters. The first-order chi connectivity index (χ1) is 17.5. The minimum absolute atomic E-state index is 0.342. The number of carboxylic acids is 1. The van der Waals surface area contributed by atoms with Gasteiger partial charge in [0, 0.05) is 28.6 Å². The summed E-state index contributed by atoms with van der Waals surface area (Å²) in [7, 11) is 0. The zero-order valence-electron chi connectivity index (χ0n) is 20.1. The Labute approximate surface area is 221 Å². The molecule has 1 aliphatic rings. The molecule has 194 valence electrons. The number of nitrogens with one attached hydrogen (secondary N) is 1. The maximum Gasteiger partial charge on any atom is 0.416 e. The van der Waals surface area contributed by atoms with Crippen molar-refractivity contribution >= 4 is 41.1 Å². The molecule has 6 nitrogen and oxygen atoms in total. The van der Waals surface area contributed by atoms with Crippen LogP contribution in [0.15, 0.2) is 76.1 Å². The average molecular weight is 547 g/mol. The Morgan fingerprint density at radius 2 is 1.95 bits per heavy atom. The van der Waals surface area contributed by atoms with Gasteiger partial charge in [-0.05, 0) is 49.8 Å². The van der Waals surface area contributed by atoms with Gasteiger partial charge in [-0.25, -0.2) is 9.98 Å². The fourth-order valence-corrected chi connectivity index (χ4v) is 5.13. The summed E-state index contributed by atoms with van der Waals surface area (Å²) in [6, 6.07) is 12.7. The van der Waals surface area contributed by atoms with Gasteiger partial charge in [-0.15, -0.1) is 23.1 Å². The van der Waals surface area contributed by atoms with E-state index in [1.165, 1.54) is 29.2 Å². The first kappa shape index (κ1) is 26.9. The average Bonchev–Trinajstić information content (AvgIpc) is 3.37. The van der Waals surface area contributed by atoms with Crippen molar-refractivity contribution in [1.29, 1.82) is 0 Å². The van der Waals surface area contributed by atoms with Gasteiger partial charge < -0.3 is 10.0 Å². The maximum atomic E-state index is 13.2. The van der Waals surface area contributed by atoms with Crippen molar-refractivity contribution in [2.75, 3.05) is 0 Å². The van der Waals surface area contributed by atoms with E-state index in [0.717, 1.165) is 27.6 Å². The molecule has 0 spiro atoms. The zero-order valence-corrected chi connectivity index (χ0v) is 21.7. The summed E-state index contributed by atoms with van der Waals surface area (Å²) in [6.07, 6.45) is 0.378. The van der Waals surface area contributed by atoms with E-state index in [9.17, 15) is 23.1 Å². The highest BCUT2D eigenvalue weighted by Gasteiger charge is 2.31. The van der Waals surface area contributed by atoms with Crippen LogP contribution in [0.2, 0.25) is 0 Å². The molecule has 0 amide bonds. The molecular formula is C26H25F3N4O2S2. The molecule has 0 fully saturated rings. The van der Waals surface area contributed by atoms with E-state index in [2.05, 4.69) is 15.3 Å². The monoisotopic (exact) mass is 546 g/mol. The van der Waals surface area contributed by atoms with E-state index in [1.807, 2.05) is 40.6 Å². The Kier molecular flexibility index (Phi) is 8.05. The van der Waals surface area contributed by atoms with Gasteiger partial charge in [0.25, 0.3) is 0 Å². The van der Waals surface area contributed by atoms with E-state index >= 15 is 0 Å². The summed E-state index contributed by atoms with van der Waals surface area (Å²) in [6.45, 7) is 4.29. The molecule has 0 saturated carbocycles. The molecule has 2 aromatic carbocycles. The van der Waals surface area contributed by atoms with Gasteiger partial charge in [-0.2, -0.15) is 13.2 Å². The summed E-state index contributed by atoms with van der Waals surface area (Å²) in [4.78, 5) is 22.9. The van der Waals surface area contributed by atoms with Gasteiger partial charge in [-0.3, -0.25) is 10.1 Å². The van der Waals surface area contributed by atoms with Crippen molar-refractivity contribution in [2.24, 2.45) is 4.99 Å². The molecule has 11 heteroatoms. The number of rotatable bonds is 9. The van der Waals surface area contributed by atoms with Gasteiger partial charge in [0.2, 0.25) is 0 Å². The number of aliphatic carboxylic acids is 1. The molecule has 0 bridgehead atoms. The van der Waals surface area contributed by atoms with Crippen LogP contribution < -0.4 is 5.32 Å². The number of hydrogen-bond donors (Lipinski definition) is 2. The molecule has 1 aliphatic heterocycles. The van der Waals surface area contributed by atoms with Gasteiger partial charge in [0.15, 0.2) is 0 Å². The summed E-state index contributed by atoms with van der Waals surface area (Å²) >= 11 is 2.78. The number of thioether (sulfide) groups is 1. The molecule has 0 radical (unpaired) electrons. The topological polar surface area (TPSA) is 77.8 Å². The van der Waals surface area contributed by atoms with Crippen molar-refractivity contribution in [3.8, 4) is 0 Å². The molecule has 0 saturated heterocycles. The van der Waals surface area contributed by atoms with Gasteiger partial charge in [-0.1, -0.05) is 24.3 Å². The van der Waals surface area contributed by atoms with Crippen molar-refractivity contribution in [2.45, 2.75) is 48.9 Å². The molecule has 0 aliphatic carbocycles. The molecule has 2 heterocycles. The number of benzene rings is 2. The minimum atomic E-state index is -4.44. The quantitative estimate of drug-likeness (QED) is 0.315. The fraction of sp³-hybridized carbons (Fsp3) is 0.269. The van der Waals surface area contributed by atoms with Crippen molar-refractivity contribution in [3.63, 3.8) is 0 Å². The Hall–Kier alpha value is -3.15. The van der Waals surface area contributed by atoms with Crippen LogP contribution in [0.1, 0.15) is 35.5 Å². The van der Waals surface area contributed by atoms with E-state index in [0.29, 0.717) is 24.4 Å². The van der Waals surface area contributed by atoms with Crippen molar-refractivity contribution in [1.82, 2.24) is 15.2 Å². The molecule has 1 unspecified atom stereocenters. The largest absolute Gasteiger partial charge is 0.480 e. The van der Waals surface area contributed by atoms with Crippen LogP contribution in [0.25, 0.3) is 5.70 Å². The molecular weight excluding hydrogens is 521 g/mol. The molecule has 3 aromatic rings. The molecule has 37 heavy (non-hydrogen) atoms. The van der Waals surface area contributed by atoms with E-state index in [-0.39, 0.29) is 6.17 Å². The second kappa shape index (κ2) is 11.1. The van der Waals surface area contributed by atoms with Crippen molar-refractivity contribution < 1.29 is 23.1 Å².